The van der Waals surface area contributed by atoms with Gasteiger partial charge in [0.2, 0.25) is 5.69 Å². The number of nitrogens with zero attached hydrogens (tertiary/aromatic N) is 2. The van der Waals surface area contributed by atoms with Crippen LogP contribution in [0.4, 0.5) is 0 Å². The highest BCUT2D eigenvalue weighted by atomic mass is 35.5. The highest BCUT2D eigenvalue weighted by Crippen LogP contribution is 2.60. The molecule has 1 aromatic heterocycles. The standard InChI is InChI=1S/C8H12ClN2O2PS2/c1-6-4-7(9)11-8(10-6)5-16-14(15,12-2)13-3/h4H,5H2,1-3H3. The van der Waals surface area contributed by atoms with Crippen molar-refractivity contribution >= 4 is 40.5 Å². The molecule has 4 nitrogen and oxygen atoms in total. The van der Waals surface area contributed by atoms with Crippen LogP contribution in [0.15, 0.2) is 6.07 Å². The van der Waals surface area contributed by atoms with Gasteiger partial charge in [-0.05, 0) is 24.8 Å². The molecular formula is C8H12ClN2O2PS2. The molecule has 0 spiro atoms. The number of rotatable bonds is 5. The summed E-state index contributed by atoms with van der Waals surface area (Å²) in [5.41, 5.74) is -1.42. The summed E-state index contributed by atoms with van der Waals surface area (Å²) in [6.07, 6.45) is 0. The molecule has 1 rings (SSSR count). The fraction of sp³-hybridized carbons (Fsp3) is 0.500. The van der Waals surface area contributed by atoms with E-state index in [-0.39, 0.29) is 0 Å². The Bertz CT molecular complexity index is 391. The third-order valence-corrected chi connectivity index (χ3v) is 7.53. The van der Waals surface area contributed by atoms with Gasteiger partial charge in [0.15, 0.2) is 0 Å². The molecule has 0 atom stereocenters. The maximum Gasteiger partial charge on any atom is 0.247 e. The molecule has 0 aliphatic rings. The van der Waals surface area contributed by atoms with E-state index in [4.69, 9.17) is 32.5 Å². The summed E-state index contributed by atoms with van der Waals surface area (Å²) in [5, 5.41) is 0.436. The number of hydrogen-bond donors (Lipinski definition) is 0. The maximum absolute atomic E-state index is 5.83. The van der Waals surface area contributed by atoms with E-state index in [0.29, 0.717) is 16.7 Å². The van der Waals surface area contributed by atoms with Gasteiger partial charge < -0.3 is 9.05 Å². The lowest BCUT2D eigenvalue weighted by molar-refractivity contribution is 0.354. The summed E-state index contributed by atoms with van der Waals surface area (Å²) >= 11 is 12.4. The summed E-state index contributed by atoms with van der Waals surface area (Å²) in [6, 6.07) is 1.71. The van der Waals surface area contributed by atoms with Crippen LogP contribution < -0.4 is 0 Å². The van der Waals surface area contributed by atoms with E-state index in [0.717, 1.165) is 5.69 Å². The molecule has 90 valence electrons. The van der Waals surface area contributed by atoms with Crippen LogP contribution in [0.25, 0.3) is 0 Å². The maximum atomic E-state index is 5.83. The Balaban J connectivity index is 2.71. The zero-order chi connectivity index (χ0) is 12.2. The topological polar surface area (TPSA) is 44.2 Å². The van der Waals surface area contributed by atoms with Gasteiger partial charge in [0.1, 0.15) is 11.0 Å². The van der Waals surface area contributed by atoms with Crippen LogP contribution in [-0.2, 0) is 26.6 Å². The quantitative estimate of drug-likeness (QED) is 0.614. The molecule has 0 N–H and O–H groups in total. The van der Waals surface area contributed by atoms with Crippen molar-refractivity contribution in [2.45, 2.75) is 12.7 Å². The lowest BCUT2D eigenvalue weighted by Crippen LogP contribution is -1.95. The monoisotopic (exact) mass is 298 g/mol. The third-order valence-electron chi connectivity index (χ3n) is 1.67. The Kier molecular flexibility index (Phi) is 5.64. The molecule has 0 fully saturated rings. The van der Waals surface area contributed by atoms with E-state index in [9.17, 15) is 0 Å². The fourth-order valence-electron chi connectivity index (χ4n) is 0.970. The van der Waals surface area contributed by atoms with Crippen LogP contribution in [0.2, 0.25) is 5.15 Å². The largest absolute Gasteiger partial charge is 0.325 e. The van der Waals surface area contributed by atoms with Crippen LogP contribution in [-0.4, -0.2) is 24.2 Å². The zero-order valence-corrected chi connectivity index (χ0v) is 12.4. The molecule has 8 heteroatoms. The first kappa shape index (κ1) is 14.4. The van der Waals surface area contributed by atoms with E-state index in [1.165, 1.54) is 11.4 Å². The average Bonchev–Trinajstić information content (AvgIpc) is 2.25. The molecule has 0 unspecified atom stereocenters. The van der Waals surface area contributed by atoms with Crippen LogP contribution in [0.5, 0.6) is 0 Å². The summed E-state index contributed by atoms with van der Waals surface area (Å²) < 4.78 is 10.3. The lowest BCUT2D eigenvalue weighted by Gasteiger charge is -2.15. The van der Waals surface area contributed by atoms with E-state index >= 15 is 0 Å². The van der Waals surface area contributed by atoms with Crippen LogP contribution in [0, 0.1) is 6.92 Å². The van der Waals surface area contributed by atoms with Gasteiger partial charge in [-0.15, -0.1) is 0 Å². The number of hydrogen-bond acceptors (Lipinski definition) is 6. The Morgan fingerprint density at radius 3 is 2.56 bits per heavy atom. The van der Waals surface area contributed by atoms with Crippen LogP contribution in [0.3, 0.4) is 0 Å². The summed E-state index contributed by atoms with van der Waals surface area (Å²) in [5.74, 6) is 1.17. The molecule has 16 heavy (non-hydrogen) atoms. The Hall–Kier alpha value is 0.290. The first-order chi connectivity index (χ1) is 7.49. The van der Waals surface area contributed by atoms with Gasteiger partial charge in [-0.2, -0.15) is 0 Å². The Morgan fingerprint density at radius 2 is 2.06 bits per heavy atom. The molecule has 0 aliphatic carbocycles. The first-order valence-electron chi connectivity index (χ1n) is 4.35. The second-order valence-electron chi connectivity index (χ2n) is 2.83. The van der Waals surface area contributed by atoms with E-state index in [1.807, 2.05) is 6.92 Å². The average molecular weight is 299 g/mol. The molecule has 0 saturated carbocycles. The minimum Gasteiger partial charge on any atom is -0.325 e. The van der Waals surface area contributed by atoms with Gasteiger partial charge in [-0.3, -0.25) is 0 Å². The SMILES string of the molecule is COP(=S)(OC)SCc1nc(C)cc(Cl)n1. The van der Waals surface area contributed by atoms with E-state index < -0.39 is 5.69 Å². The molecule has 1 aromatic rings. The second-order valence-corrected chi connectivity index (χ2v) is 9.75. The van der Waals surface area contributed by atoms with Crippen LogP contribution >= 0.6 is 28.7 Å². The second kappa shape index (κ2) is 6.28. The molecule has 0 amide bonds. The molecule has 0 bridgehead atoms. The number of aromatic nitrogens is 2. The highest BCUT2D eigenvalue weighted by Gasteiger charge is 2.17. The van der Waals surface area contributed by atoms with Gasteiger partial charge in [0.05, 0.1) is 5.75 Å². The smallest absolute Gasteiger partial charge is 0.247 e. The van der Waals surface area contributed by atoms with Crippen molar-refractivity contribution in [2.75, 3.05) is 14.2 Å². The normalized spacial score (nSPS) is 11.8. The summed E-state index contributed by atoms with van der Waals surface area (Å²) in [6.45, 7) is 1.87. The summed E-state index contributed by atoms with van der Waals surface area (Å²) in [4.78, 5) is 8.35. The van der Waals surface area contributed by atoms with Gasteiger partial charge in [-0.1, -0.05) is 23.0 Å². The van der Waals surface area contributed by atoms with Crippen molar-refractivity contribution in [3.8, 4) is 0 Å². The van der Waals surface area contributed by atoms with Gasteiger partial charge >= 0.3 is 0 Å². The van der Waals surface area contributed by atoms with Crippen molar-refractivity contribution in [3.05, 3.63) is 22.7 Å². The van der Waals surface area contributed by atoms with Crippen molar-refractivity contribution < 1.29 is 9.05 Å². The van der Waals surface area contributed by atoms with Crippen molar-refractivity contribution in [1.82, 2.24) is 9.97 Å². The molecule has 0 radical (unpaired) electrons. The first-order valence-corrected chi connectivity index (χ1v) is 8.96. The van der Waals surface area contributed by atoms with Crippen molar-refractivity contribution in [1.29, 1.82) is 0 Å². The summed E-state index contributed by atoms with van der Waals surface area (Å²) in [7, 11) is 3.09. The predicted octanol–water partition coefficient (Wildman–Crippen LogP) is 3.19. The zero-order valence-electron chi connectivity index (χ0n) is 9.14. The minimum absolute atomic E-state index is 0.436. The Morgan fingerprint density at radius 1 is 1.44 bits per heavy atom. The van der Waals surface area contributed by atoms with Crippen molar-refractivity contribution in [2.24, 2.45) is 0 Å². The minimum atomic E-state index is -2.25. The van der Waals surface area contributed by atoms with Crippen molar-refractivity contribution in [3.63, 3.8) is 0 Å². The van der Waals surface area contributed by atoms with Gasteiger partial charge in [0, 0.05) is 19.9 Å². The molecular weight excluding hydrogens is 287 g/mol. The number of halogens is 1. The highest BCUT2D eigenvalue weighted by molar-refractivity contribution is 8.67. The fourth-order valence-corrected chi connectivity index (χ4v) is 3.92. The Labute approximate surface area is 109 Å². The van der Waals surface area contributed by atoms with Gasteiger partial charge in [0.25, 0.3) is 0 Å². The third kappa shape index (κ3) is 4.28. The predicted molar refractivity (Wildman–Crippen MR) is 71.4 cm³/mol. The molecule has 0 saturated heterocycles. The molecule has 1 heterocycles. The van der Waals surface area contributed by atoms with Gasteiger partial charge in [-0.25, -0.2) is 9.97 Å². The number of aryl methyl sites for hydroxylation is 1. The molecule has 0 aliphatic heterocycles. The van der Waals surface area contributed by atoms with Crippen LogP contribution in [0.1, 0.15) is 11.5 Å². The van der Waals surface area contributed by atoms with E-state index in [1.54, 1.807) is 20.3 Å². The molecule has 0 aromatic carbocycles. The lowest BCUT2D eigenvalue weighted by atomic mass is 10.4. The van der Waals surface area contributed by atoms with E-state index in [2.05, 4.69) is 9.97 Å².